The van der Waals surface area contributed by atoms with Crippen molar-refractivity contribution in [3.8, 4) is 0 Å². The van der Waals surface area contributed by atoms with Gasteiger partial charge < -0.3 is 59.8 Å². The van der Waals surface area contributed by atoms with E-state index in [-0.39, 0.29) is 79.3 Å². The maximum Gasteiger partial charge on any atom is 0.308 e. The number of hydrogen-bond acceptors (Lipinski definition) is 15. The summed E-state index contributed by atoms with van der Waals surface area (Å²) in [7, 11) is 0. The van der Waals surface area contributed by atoms with Crippen LogP contribution < -0.4 is 17.2 Å². The quantitative estimate of drug-likeness (QED) is 0.123. The Morgan fingerprint density at radius 3 is 1.07 bits per heavy atom. The zero-order chi connectivity index (χ0) is 43.6. The zero-order valence-electron chi connectivity index (χ0n) is 37.7. The standard InChI is InChI=1S/C16H29NO4.C15H27NO4.C13H25NO4/c1-12(2)19-15(18)11-14-10-13(6-9-17)20-16(21-14)7-4-3-5-8-16;1-11(2)18-14(17)10-13-9-12(5-8-16)19-15(20-13)6-3-4-7-15;1-9(2)16-12(15)8-11-7-10(5-6-14)17-13(3,4)18-11/h12-14H,3-11,17H2,1-2H3;11-13H,3-10,16H2,1-2H3;9-11H,5-8,14H2,1-4H3/t13-,14-;12-,13-;10-,11-/m111/s1. The van der Waals surface area contributed by atoms with Crippen LogP contribution in [0.1, 0.15) is 171 Å². The summed E-state index contributed by atoms with van der Waals surface area (Å²) < 4.78 is 51.7. The van der Waals surface area contributed by atoms with Crippen LogP contribution in [0.4, 0.5) is 0 Å². The summed E-state index contributed by atoms with van der Waals surface area (Å²) in [5.74, 6) is -2.22. The van der Waals surface area contributed by atoms with E-state index < -0.39 is 17.4 Å². The minimum Gasteiger partial charge on any atom is -0.463 e. The molecule has 5 rings (SSSR count). The topological polar surface area (TPSA) is 212 Å². The molecule has 15 heteroatoms. The Bertz CT molecular complexity index is 1240. The van der Waals surface area contributed by atoms with Crippen LogP contribution in [-0.4, -0.2) is 110 Å². The van der Waals surface area contributed by atoms with Gasteiger partial charge in [0.15, 0.2) is 17.4 Å². The second kappa shape index (κ2) is 25.2. The van der Waals surface area contributed by atoms with Crippen LogP contribution >= 0.6 is 0 Å². The van der Waals surface area contributed by atoms with E-state index in [0.29, 0.717) is 38.9 Å². The van der Waals surface area contributed by atoms with Crippen molar-refractivity contribution in [1.29, 1.82) is 0 Å². The lowest BCUT2D eigenvalue weighted by atomic mass is 9.91. The molecule has 6 N–H and O–H groups in total. The molecule has 59 heavy (non-hydrogen) atoms. The van der Waals surface area contributed by atoms with Crippen molar-refractivity contribution >= 4 is 17.9 Å². The third kappa shape index (κ3) is 19.3. The number of rotatable bonds is 15. The summed E-state index contributed by atoms with van der Waals surface area (Å²) in [4.78, 5) is 35.3. The number of nitrogens with two attached hydrogens (primary N) is 3. The van der Waals surface area contributed by atoms with Crippen molar-refractivity contribution in [3.63, 3.8) is 0 Å². The first-order valence-corrected chi connectivity index (χ1v) is 22.6. The predicted octanol–water partition coefficient (Wildman–Crippen LogP) is 6.22. The van der Waals surface area contributed by atoms with Gasteiger partial charge in [-0.1, -0.05) is 6.42 Å². The highest BCUT2D eigenvalue weighted by atomic mass is 16.7. The van der Waals surface area contributed by atoms with Crippen molar-refractivity contribution in [1.82, 2.24) is 0 Å². The van der Waals surface area contributed by atoms with Crippen LogP contribution in [0.15, 0.2) is 0 Å². The molecule has 5 fully saturated rings. The van der Waals surface area contributed by atoms with Crippen LogP contribution in [0.3, 0.4) is 0 Å². The van der Waals surface area contributed by atoms with Gasteiger partial charge in [0.1, 0.15) is 0 Å². The van der Waals surface area contributed by atoms with Crippen molar-refractivity contribution in [3.05, 3.63) is 0 Å². The molecule has 6 atom stereocenters. The first-order chi connectivity index (χ1) is 27.9. The molecular weight excluding hydrogens is 762 g/mol. The molecule has 15 nitrogen and oxygen atoms in total. The lowest BCUT2D eigenvalue weighted by Gasteiger charge is -2.46. The molecule has 3 aliphatic heterocycles. The molecule has 0 unspecified atom stereocenters. The Labute approximate surface area is 354 Å². The Morgan fingerprint density at radius 1 is 0.475 bits per heavy atom. The van der Waals surface area contributed by atoms with E-state index in [9.17, 15) is 14.4 Å². The van der Waals surface area contributed by atoms with E-state index >= 15 is 0 Å². The summed E-state index contributed by atoms with van der Waals surface area (Å²) in [5.41, 5.74) is 16.9. The van der Waals surface area contributed by atoms with Gasteiger partial charge in [0.05, 0.1) is 74.2 Å². The molecule has 2 saturated carbocycles. The molecule has 0 amide bonds. The molecule has 344 valence electrons. The first-order valence-electron chi connectivity index (χ1n) is 22.6. The molecule has 0 aromatic carbocycles. The second-order valence-corrected chi connectivity index (χ2v) is 18.1. The smallest absolute Gasteiger partial charge is 0.308 e. The molecule has 0 aromatic heterocycles. The van der Waals surface area contributed by atoms with E-state index in [1.165, 1.54) is 6.42 Å². The maximum absolute atomic E-state index is 11.9. The van der Waals surface area contributed by atoms with Crippen molar-refractivity contribution in [2.45, 2.75) is 243 Å². The van der Waals surface area contributed by atoms with Gasteiger partial charge in [-0.25, -0.2) is 0 Å². The largest absolute Gasteiger partial charge is 0.463 e. The predicted molar refractivity (Wildman–Crippen MR) is 223 cm³/mol. The average molecular weight is 844 g/mol. The molecule has 2 spiro atoms. The Balaban J connectivity index is 0.000000237. The minimum atomic E-state index is -0.666. The third-order valence-corrected chi connectivity index (χ3v) is 10.7. The van der Waals surface area contributed by atoms with Gasteiger partial charge in [-0.15, -0.1) is 0 Å². The second-order valence-electron chi connectivity index (χ2n) is 18.1. The van der Waals surface area contributed by atoms with Crippen molar-refractivity contribution in [2.75, 3.05) is 19.6 Å². The van der Waals surface area contributed by atoms with E-state index in [0.717, 1.165) is 83.5 Å². The Hall–Kier alpha value is -1.95. The van der Waals surface area contributed by atoms with Crippen molar-refractivity contribution < 1.29 is 57.0 Å². The summed E-state index contributed by atoms with van der Waals surface area (Å²) in [6.07, 6.45) is 14.5. The number of esters is 3. The van der Waals surface area contributed by atoms with Crippen LogP contribution in [0, 0.1) is 0 Å². The van der Waals surface area contributed by atoms with Gasteiger partial charge in [-0.3, -0.25) is 14.4 Å². The molecule has 3 heterocycles. The molecule has 2 aliphatic carbocycles. The Kier molecular flexibility index (Phi) is 22.0. The Morgan fingerprint density at radius 2 is 0.746 bits per heavy atom. The van der Waals surface area contributed by atoms with Gasteiger partial charge in [0.2, 0.25) is 0 Å². The van der Waals surface area contributed by atoms with Crippen molar-refractivity contribution in [2.24, 2.45) is 17.2 Å². The highest BCUT2D eigenvalue weighted by Gasteiger charge is 2.46. The maximum atomic E-state index is 11.9. The van der Waals surface area contributed by atoms with Gasteiger partial charge in [0.25, 0.3) is 0 Å². The monoisotopic (exact) mass is 844 g/mol. The minimum absolute atomic E-state index is 0.0515. The van der Waals surface area contributed by atoms with E-state index in [4.69, 9.17) is 59.8 Å². The summed E-state index contributed by atoms with van der Waals surface area (Å²) in [5, 5.41) is 0. The zero-order valence-corrected chi connectivity index (χ0v) is 37.7. The fourth-order valence-electron chi connectivity index (χ4n) is 8.70. The molecule has 0 aromatic rings. The fraction of sp³-hybridized carbons (Fsp3) is 0.932. The highest BCUT2D eigenvalue weighted by molar-refractivity contribution is 5.71. The summed E-state index contributed by atoms with van der Waals surface area (Å²) >= 11 is 0. The van der Waals surface area contributed by atoms with Crippen LogP contribution in [0.5, 0.6) is 0 Å². The van der Waals surface area contributed by atoms with Gasteiger partial charge >= 0.3 is 17.9 Å². The van der Waals surface area contributed by atoms with E-state index in [2.05, 4.69) is 0 Å². The molecule has 0 bridgehead atoms. The lowest BCUT2D eigenvalue weighted by Crippen LogP contribution is -2.50. The van der Waals surface area contributed by atoms with Gasteiger partial charge in [-0.2, -0.15) is 0 Å². The number of hydrogen-bond donors (Lipinski definition) is 3. The van der Waals surface area contributed by atoms with Gasteiger partial charge in [-0.05, 0) is 120 Å². The van der Waals surface area contributed by atoms with Crippen LogP contribution in [0.2, 0.25) is 0 Å². The lowest BCUT2D eigenvalue weighted by molar-refractivity contribution is -0.329. The number of carbonyl (C=O) groups is 3. The molecule has 5 aliphatic rings. The molecule has 3 saturated heterocycles. The SMILES string of the molecule is CC(C)OC(=O)C[C@H]1C[C@@H](CCN)OC(C)(C)O1.CC(C)OC(=O)C[C@H]1C[C@@H](CCN)OC2(CCCC2)O1.CC(C)OC(=O)C[C@H]1C[C@@H](CCN)OC2(CCCCC2)O1. The molecule has 0 radical (unpaired) electrons. The highest BCUT2D eigenvalue weighted by Crippen LogP contribution is 2.42. The normalized spacial score (nSPS) is 28.4. The average Bonchev–Trinajstić information content (AvgIpc) is 3.54. The van der Waals surface area contributed by atoms with E-state index in [1.807, 2.05) is 55.4 Å². The number of ether oxygens (including phenoxy) is 9. The van der Waals surface area contributed by atoms with Gasteiger partial charge in [0, 0.05) is 44.9 Å². The fourth-order valence-corrected chi connectivity index (χ4v) is 8.70. The first kappa shape index (κ1) is 51.4. The molecular formula is C44H81N3O12. The number of carbonyl (C=O) groups excluding carboxylic acids is 3. The third-order valence-electron chi connectivity index (χ3n) is 10.7. The van der Waals surface area contributed by atoms with Crippen LogP contribution in [0.25, 0.3) is 0 Å². The van der Waals surface area contributed by atoms with Crippen LogP contribution in [-0.2, 0) is 57.0 Å². The summed E-state index contributed by atoms with van der Waals surface area (Å²) in [6, 6.07) is 0. The summed E-state index contributed by atoms with van der Waals surface area (Å²) in [6.45, 7) is 16.6. The van der Waals surface area contributed by atoms with E-state index in [1.54, 1.807) is 0 Å².